The summed E-state index contributed by atoms with van der Waals surface area (Å²) in [5, 5.41) is 12.4. The van der Waals surface area contributed by atoms with Gasteiger partial charge in [0.1, 0.15) is 0 Å². The second-order valence-corrected chi connectivity index (χ2v) is 7.67. The van der Waals surface area contributed by atoms with E-state index in [1.54, 1.807) is 0 Å². The van der Waals surface area contributed by atoms with Gasteiger partial charge in [-0.3, -0.25) is 4.79 Å². The summed E-state index contributed by atoms with van der Waals surface area (Å²) in [7, 11) is -0.830. The van der Waals surface area contributed by atoms with Crippen molar-refractivity contribution in [3.05, 3.63) is 53.6 Å². The van der Waals surface area contributed by atoms with Crippen LogP contribution >= 0.6 is 0 Å². The molecule has 0 aliphatic carbocycles. The molecule has 0 aliphatic heterocycles. The third-order valence-corrected chi connectivity index (χ3v) is 4.92. The molecule has 0 unspecified atom stereocenters. The van der Waals surface area contributed by atoms with E-state index in [-0.39, 0.29) is 22.0 Å². The number of phenolic OH excluding ortho intramolecular Hbond substituents is 1. The standard InChI is InChI=1S/C18H19NO7S/c1-25-15-9-6-12(10-14(15)20)16(18(22)26-2)19-17(21)11-4-7-13(8-5-11)27(3,23)24/h4-10,16,20H,1-3H3,(H,19,21)/t16-/m0/s1. The van der Waals surface area contributed by atoms with E-state index in [0.29, 0.717) is 5.56 Å². The molecule has 0 saturated carbocycles. The molecular formula is C18H19NO7S. The van der Waals surface area contributed by atoms with Gasteiger partial charge in [-0.25, -0.2) is 13.2 Å². The molecule has 0 fully saturated rings. The normalized spacial score (nSPS) is 12.1. The molecule has 0 saturated heterocycles. The highest BCUT2D eigenvalue weighted by molar-refractivity contribution is 7.90. The lowest BCUT2D eigenvalue weighted by molar-refractivity contribution is -0.143. The van der Waals surface area contributed by atoms with Gasteiger partial charge in [-0.05, 0) is 42.0 Å². The van der Waals surface area contributed by atoms with Crippen LogP contribution in [0.1, 0.15) is 22.0 Å². The van der Waals surface area contributed by atoms with Crippen LogP contribution in [0.15, 0.2) is 47.4 Å². The molecule has 2 aromatic carbocycles. The van der Waals surface area contributed by atoms with Crippen molar-refractivity contribution in [1.82, 2.24) is 5.32 Å². The van der Waals surface area contributed by atoms with Crippen LogP contribution in [-0.4, -0.2) is 45.9 Å². The zero-order valence-corrected chi connectivity index (χ0v) is 15.7. The Kier molecular flexibility index (Phi) is 6.06. The van der Waals surface area contributed by atoms with Crippen molar-refractivity contribution in [3.63, 3.8) is 0 Å². The van der Waals surface area contributed by atoms with Crippen molar-refractivity contribution < 1.29 is 32.6 Å². The number of carbonyl (C=O) groups excluding carboxylic acids is 2. The predicted molar refractivity (Wildman–Crippen MR) is 96.4 cm³/mol. The number of sulfone groups is 1. The summed E-state index contributed by atoms with van der Waals surface area (Å²) < 4.78 is 32.7. The Morgan fingerprint density at radius 2 is 1.70 bits per heavy atom. The minimum atomic E-state index is -3.39. The highest BCUT2D eigenvalue weighted by atomic mass is 32.2. The highest BCUT2D eigenvalue weighted by Crippen LogP contribution is 2.29. The molecule has 1 atom stereocenters. The Morgan fingerprint density at radius 1 is 1.07 bits per heavy atom. The molecule has 0 heterocycles. The topological polar surface area (TPSA) is 119 Å². The van der Waals surface area contributed by atoms with Crippen molar-refractivity contribution in [1.29, 1.82) is 0 Å². The molecular weight excluding hydrogens is 374 g/mol. The smallest absolute Gasteiger partial charge is 0.333 e. The first-order chi connectivity index (χ1) is 12.7. The molecule has 144 valence electrons. The second-order valence-electron chi connectivity index (χ2n) is 5.66. The van der Waals surface area contributed by atoms with Crippen molar-refractivity contribution in [2.45, 2.75) is 10.9 Å². The zero-order chi connectivity index (χ0) is 20.2. The van der Waals surface area contributed by atoms with Gasteiger partial charge in [0.15, 0.2) is 27.4 Å². The van der Waals surface area contributed by atoms with E-state index in [0.717, 1.165) is 6.26 Å². The predicted octanol–water partition coefficient (Wildman–Crippen LogP) is 1.45. The number of methoxy groups -OCH3 is 2. The van der Waals surface area contributed by atoms with Gasteiger partial charge in [-0.2, -0.15) is 0 Å². The minimum Gasteiger partial charge on any atom is -0.504 e. The second kappa shape index (κ2) is 8.09. The first kappa shape index (κ1) is 20.2. The van der Waals surface area contributed by atoms with Crippen LogP contribution in [0.25, 0.3) is 0 Å². The maximum atomic E-state index is 12.5. The van der Waals surface area contributed by atoms with Crippen LogP contribution < -0.4 is 10.1 Å². The minimum absolute atomic E-state index is 0.0728. The summed E-state index contributed by atoms with van der Waals surface area (Å²) in [5.41, 5.74) is 0.454. The summed E-state index contributed by atoms with van der Waals surface area (Å²) in [6.45, 7) is 0. The van der Waals surface area contributed by atoms with Gasteiger partial charge >= 0.3 is 5.97 Å². The summed E-state index contributed by atoms with van der Waals surface area (Å²) in [4.78, 5) is 24.6. The number of aromatic hydroxyl groups is 1. The van der Waals surface area contributed by atoms with Crippen LogP contribution in [0.4, 0.5) is 0 Å². The first-order valence-electron chi connectivity index (χ1n) is 7.73. The fourth-order valence-electron chi connectivity index (χ4n) is 2.35. The fraction of sp³-hybridized carbons (Fsp3) is 0.222. The third kappa shape index (κ3) is 4.76. The largest absolute Gasteiger partial charge is 0.504 e. The first-order valence-corrected chi connectivity index (χ1v) is 9.62. The fourth-order valence-corrected chi connectivity index (χ4v) is 2.98. The Balaban J connectivity index is 2.29. The van der Waals surface area contributed by atoms with Gasteiger partial charge in [0, 0.05) is 11.8 Å². The van der Waals surface area contributed by atoms with E-state index in [1.807, 2.05) is 0 Å². The molecule has 2 aromatic rings. The number of hydrogen-bond donors (Lipinski definition) is 2. The van der Waals surface area contributed by atoms with E-state index in [4.69, 9.17) is 9.47 Å². The van der Waals surface area contributed by atoms with Gasteiger partial charge in [0.25, 0.3) is 5.91 Å². The molecule has 27 heavy (non-hydrogen) atoms. The van der Waals surface area contributed by atoms with Gasteiger partial charge in [-0.15, -0.1) is 0 Å². The van der Waals surface area contributed by atoms with Gasteiger partial charge in [-0.1, -0.05) is 6.07 Å². The summed E-state index contributed by atoms with van der Waals surface area (Å²) in [6, 6.07) is 8.35. The van der Waals surface area contributed by atoms with Gasteiger partial charge < -0.3 is 19.9 Å². The molecule has 0 radical (unpaired) electrons. The molecule has 0 spiro atoms. The molecule has 2 rings (SSSR count). The molecule has 2 N–H and O–H groups in total. The number of amides is 1. The Hall–Kier alpha value is -3.07. The average molecular weight is 393 g/mol. The number of nitrogens with one attached hydrogen (secondary N) is 1. The maximum absolute atomic E-state index is 12.5. The van der Waals surface area contributed by atoms with E-state index in [1.165, 1.54) is 56.7 Å². The molecule has 0 aliphatic rings. The van der Waals surface area contributed by atoms with Crippen LogP contribution in [0.2, 0.25) is 0 Å². The number of ether oxygens (including phenoxy) is 2. The quantitative estimate of drug-likeness (QED) is 0.713. The van der Waals surface area contributed by atoms with Crippen molar-refractivity contribution >= 4 is 21.7 Å². The number of rotatable bonds is 6. The number of hydrogen-bond acceptors (Lipinski definition) is 7. The monoisotopic (exact) mass is 393 g/mol. The SMILES string of the molecule is COC(=O)[C@@H](NC(=O)c1ccc(S(C)(=O)=O)cc1)c1ccc(OC)c(O)c1. The molecule has 0 bridgehead atoms. The number of phenols is 1. The van der Waals surface area contributed by atoms with Crippen molar-refractivity contribution in [3.8, 4) is 11.5 Å². The van der Waals surface area contributed by atoms with Crippen LogP contribution in [0.3, 0.4) is 0 Å². The molecule has 0 aromatic heterocycles. The number of esters is 1. The van der Waals surface area contributed by atoms with Crippen LogP contribution in [0.5, 0.6) is 11.5 Å². The van der Waals surface area contributed by atoms with E-state index < -0.39 is 27.8 Å². The zero-order valence-electron chi connectivity index (χ0n) is 14.9. The van der Waals surface area contributed by atoms with Gasteiger partial charge in [0.2, 0.25) is 0 Å². The lowest BCUT2D eigenvalue weighted by atomic mass is 10.1. The van der Waals surface area contributed by atoms with E-state index in [9.17, 15) is 23.1 Å². The summed E-state index contributed by atoms with van der Waals surface area (Å²) in [5.74, 6) is -1.33. The summed E-state index contributed by atoms with van der Waals surface area (Å²) >= 11 is 0. The number of benzene rings is 2. The van der Waals surface area contributed by atoms with Crippen LogP contribution in [0, 0.1) is 0 Å². The average Bonchev–Trinajstić information content (AvgIpc) is 2.64. The van der Waals surface area contributed by atoms with E-state index >= 15 is 0 Å². The Bertz CT molecular complexity index is 952. The summed E-state index contributed by atoms with van der Waals surface area (Å²) in [6.07, 6.45) is 1.06. The highest BCUT2D eigenvalue weighted by Gasteiger charge is 2.25. The molecule has 1 amide bonds. The van der Waals surface area contributed by atoms with Gasteiger partial charge in [0.05, 0.1) is 19.1 Å². The lowest BCUT2D eigenvalue weighted by Crippen LogP contribution is -2.34. The molecule has 9 heteroatoms. The number of carbonyl (C=O) groups is 2. The Labute approximate surface area is 156 Å². The lowest BCUT2D eigenvalue weighted by Gasteiger charge is -2.18. The van der Waals surface area contributed by atoms with E-state index in [2.05, 4.69) is 5.32 Å². The van der Waals surface area contributed by atoms with Crippen molar-refractivity contribution in [2.24, 2.45) is 0 Å². The van der Waals surface area contributed by atoms with Crippen LogP contribution in [-0.2, 0) is 19.4 Å². The third-order valence-electron chi connectivity index (χ3n) is 3.79. The maximum Gasteiger partial charge on any atom is 0.333 e. The molecule has 8 nitrogen and oxygen atoms in total. The van der Waals surface area contributed by atoms with Crippen molar-refractivity contribution in [2.75, 3.05) is 20.5 Å². The Morgan fingerprint density at radius 3 is 2.19 bits per heavy atom.